The summed E-state index contributed by atoms with van der Waals surface area (Å²) in [6, 6.07) is 13.5. The summed E-state index contributed by atoms with van der Waals surface area (Å²) in [6.07, 6.45) is 0.441. The molecule has 2 N–H and O–H groups in total. The van der Waals surface area contributed by atoms with Gasteiger partial charge in [-0.3, -0.25) is 4.79 Å². The summed E-state index contributed by atoms with van der Waals surface area (Å²) in [4.78, 5) is 12.2. The van der Waals surface area contributed by atoms with Gasteiger partial charge in [-0.15, -0.1) is 0 Å². The number of halogens is 1. The van der Waals surface area contributed by atoms with Gasteiger partial charge in [-0.1, -0.05) is 28.1 Å². The van der Waals surface area contributed by atoms with Gasteiger partial charge in [-0.05, 0) is 56.7 Å². The van der Waals surface area contributed by atoms with Gasteiger partial charge in [-0.2, -0.15) is 0 Å². The van der Waals surface area contributed by atoms with Crippen LogP contribution in [0.3, 0.4) is 0 Å². The zero-order chi connectivity index (χ0) is 17.5. The highest BCUT2D eigenvalue weighted by Crippen LogP contribution is 2.25. The number of anilines is 2. The van der Waals surface area contributed by atoms with E-state index in [1.807, 2.05) is 63.2 Å². The Labute approximate surface area is 151 Å². The maximum atomic E-state index is 12.2. The van der Waals surface area contributed by atoms with Crippen molar-refractivity contribution in [2.75, 3.05) is 17.2 Å². The molecule has 1 amide bonds. The number of ether oxygens (including phenoxy) is 1. The summed E-state index contributed by atoms with van der Waals surface area (Å²) in [5.41, 5.74) is 2.88. The summed E-state index contributed by atoms with van der Waals surface area (Å²) in [6.45, 7) is 6.53. The topological polar surface area (TPSA) is 50.4 Å². The van der Waals surface area contributed by atoms with Gasteiger partial charge >= 0.3 is 0 Å². The van der Waals surface area contributed by atoms with E-state index >= 15 is 0 Å². The van der Waals surface area contributed by atoms with Crippen molar-refractivity contribution in [2.24, 2.45) is 0 Å². The number of benzene rings is 2. The van der Waals surface area contributed by atoms with Crippen molar-refractivity contribution < 1.29 is 9.53 Å². The second-order valence-electron chi connectivity index (χ2n) is 5.85. The Hall–Kier alpha value is -2.01. The quantitative estimate of drug-likeness (QED) is 0.700. The fourth-order valence-electron chi connectivity index (χ4n) is 2.28. The molecule has 2 rings (SSSR count). The van der Waals surface area contributed by atoms with Crippen LogP contribution >= 0.6 is 15.9 Å². The standard InChI is InChI=1S/C19H23BrN2O2/c1-13(2)24-18-7-5-4-6-17(18)22-19(23)10-11-21-16-9-8-15(20)12-14(16)3/h4-9,12-13,21H,10-11H2,1-3H3,(H,22,23). The Morgan fingerprint density at radius 1 is 1.17 bits per heavy atom. The number of carbonyl (C=O) groups is 1. The number of amides is 1. The van der Waals surface area contributed by atoms with Crippen LogP contribution < -0.4 is 15.4 Å². The van der Waals surface area contributed by atoms with Gasteiger partial charge < -0.3 is 15.4 Å². The van der Waals surface area contributed by atoms with E-state index in [0.29, 0.717) is 24.4 Å². The van der Waals surface area contributed by atoms with Crippen LogP contribution in [0.2, 0.25) is 0 Å². The van der Waals surface area contributed by atoms with Crippen LogP contribution in [0, 0.1) is 6.92 Å². The molecule has 2 aromatic carbocycles. The summed E-state index contributed by atoms with van der Waals surface area (Å²) in [7, 11) is 0. The van der Waals surface area contributed by atoms with Crippen LogP contribution in [0.5, 0.6) is 5.75 Å². The predicted molar refractivity (Wildman–Crippen MR) is 103 cm³/mol. The molecule has 24 heavy (non-hydrogen) atoms. The summed E-state index contributed by atoms with van der Waals surface area (Å²) in [5, 5.41) is 6.21. The van der Waals surface area contributed by atoms with Crippen molar-refractivity contribution in [3.8, 4) is 5.75 Å². The van der Waals surface area contributed by atoms with Crippen LogP contribution in [0.1, 0.15) is 25.8 Å². The van der Waals surface area contributed by atoms with Gasteiger partial charge in [-0.25, -0.2) is 0 Å². The van der Waals surface area contributed by atoms with Gasteiger partial charge in [0.1, 0.15) is 5.75 Å². The maximum Gasteiger partial charge on any atom is 0.226 e. The third kappa shape index (κ3) is 5.57. The van der Waals surface area contributed by atoms with Gasteiger partial charge in [0, 0.05) is 23.1 Å². The smallest absolute Gasteiger partial charge is 0.226 e. The number of hydrogen-bond donors (Lipinski definition) is 2. The fraction of sp³-hybridized carbons (Fsp3) is 0.316. The van der Waals surface area contributed by atoms with Crippen LogP contribution in [-0.4, -0.2) is 18.6 Å². The first kappa shape index (κ1) is 18.3. The number of rotatable bonds is 7. The fourth-order valence-corrected chi connectivity index (χ4v) is 2.75. The molecule has 5 heteroatoms. The van der Waals surface area contributed by atoms with Crippen molar-refractivity contribution in [2.45, 2.75) is 33.3 Å². The molecule has 0 saturated carbocycles. The first-order valence-corrected chi connectivity index (χ1v) is 8.80. The molecule has 0 saturated heterocycles. The molecule has 0 aliphatic heterocycles. The van der Waals surface area contributed by atoms with Crippen molar-refractivity contribution in [1.29, 1.82) is 0 Å². The lowest BCUT2D eigenvalue weighted by molar-refractivity contribution is -0.116. The predicted octanol–water partition coefficient (Wildman–Crippen LogP) is 4.99. The van der Waals surface area contributed by atoms with Gasteiger partial charge in [0.05, 0.1) is 11.8 Å². The number of aryl methyl sites for hydroxylation is 1. The summed E-state index contributed by atoms with van der Waals surface area (Å²) in [5.74, 6) is 0.648. The van der Waals surface area contributed by atoms with E-state index in [2.05, 4.69) is 26.6 Å². The first-order chi connectivity index (χ1) is 11.5. The second kappa shape index (κ2) is 8.73. The minimum Gasteiger partial charge on any atom is -0.489 e. The number of hydrogen-bond acceptors (Lipinski definition) is 3. The highest BCUT2D eigenvalue weighted by atomic mass is 79.9. The maximum absolute atomic E-state index is 12.2. The van der Waals surface area contributed by atoms with Crippen molar-refractivity contribution in [1.82, 2.24) is 0 Å². The first-order valence-electron chi connectivity index (χ1n) is 8.01. The monoisotopic (exact) mass is 390 g/mol. The van der Waals surface area contributed by atoms with E-state index in [0.717, 1.165) is 15.7 Å². The van der Waals surface area contributed by atoms with E-state index < -0.39 is 0 Å². The normalized spacial score (nSPS) is 10.5. The lowest BCUT2D eigenvalue weighted by Gasteiger charge is -2.15. The van der Waals surface area contributed by atoms with Gasteiger partial charge in [0.15, 0.2) is 0 Å². The van der Waals surface area contributed by atoms with E-state index in [4.69, 9.17) is 4.74 Å². The van der Waals surface area contributed by atoms with E-state index in [1.165, 1.54) is 0 Å². The molecule has 0 aliphatic rings. The molecular formula is C19H23BrN2O2. The minimum absolute atomic E-state index is 0.0444. The van der Waals surface area contributed by atoms with Crippen LogP contribution in [0.25, 0.3) is 0 Å². The van der Waals surface area contributed by atoms with E-state index in [-0.39, 0.29) is 12.0 Å². The largest absolute Gasteiger partial charge is 0.489 e. The molecular weight excluding hydrogens is 368 g/mol. The molecule has 0 atom stereocenters. The minimum atomic E-state index is -0.0444. The molecule has 4 nitrogen and oxygen atoms in total. The average molecular weight is 391 g/mol. The lowest BCUT2D eigenvalue weighted by atomic mass is 10.2. The Bertz CT molecular complexity index is 702. The highest BCUT2D eigenvalue weighted by Gasteiger charge is 2.09. The Kier molecular flexibility index (Phi) is 6.67. The molecule has 0 fully saturated rings. The zero-order valence-corrected chi connectivity index (χ0v) is 15.8. The van der Waals surface area contributed by atoms with Gasteiger partial charge in [0.25, 0.3) is 0 Å². The molecule has 128 valence electrons. The van der Waals surface area contributed by atoms with E-state index in [1.54, 1.807) is 0 Å². The number of nitrogens with one attached hydrogen (secondary N) is 2. The van der Waals surface area contributed by atoms with Crippen molar-refractivity contribution >= 4 is 33.2 Å². The lowest BCUT2D eigenvalue weighted by Crippen LogP contribution is -2.17. The summed E-state index contributed by atoms with van der Waals surface area (Å²) < 4.78 is 6.76. The Balaban J connectivity index is 1.87. The number of carbonyl (C=O) groups excluding carboxylic acids is 1. The molecule has 0 unspecified atom stereocenters. The second-order valence-corrected chi connectivity index (χ2v) is 6.76. The van der Waals surface area contributed by atoms with E-state index in [9.17, 15) is 4.79 Å². The van der Waals surface area contributed by atoms with Crippen LogP contribution in [0.4, 0.5) is 11.4 Å². The van der Waals surface area contributed by atoms with Crippen molar-refractivity contribution in [3.05, 3.63) is 52.5 Å². The summed E-state index contributed by atoms with van der Waals surface area (Å²) >= 11 is 3.44. The van der Waals surface area contributed by atoms with Crippen LogP contribution in [0.15, 0.2) is 46.9 Å². The van der Waals surface area contributed by atoms with Gasteiger partial charge in [0.2, 0.25) is 5.91 Å². The third-order valence-electron chi connectivity index (χ3n) is 3.38. The van der Waals surface area contributed by atoms with Crippen molar-refractivity contribution in [3.63, 3.8) is 0 Å². The molecule has 0 heterocycles. The molecule has 0 bridgehead atoms. The highest BCUT2D eigenvalue weighted by molar-refractivity contribution is 9.10. The third-order valence-corrected chi connectivity index (χ3v) is 3.87. The van der Waals surface area contributed by atoms with Crippen LogP contribution in [-0.2, 0) is 4.79 Å². The zero-order valence-electron chi connectivity index (χ0n) is 14.2. The SMILES string of the molecule is Cc1cc(Br)ccc1NCCC(=O)Nc1ccccc1OC(C)C. The molecule has 0 radical (unpaired) electrons. The molecule has 0 aromatic heterocycles. The number of para-hydroxylation sites is 2. The Morgan fingerprint density at radius 3 is 2.62 bits per heavy atom. The Morgan fingerprint density at radius 2 is 1.92 bits per heavy atom. The molecule has 0 aliphatic carbocycles. The molecule has 2 aromatic rings. The average Bonchev–Trinajstić information content (AvgIpc) is 2.51. The molecule has 0 spiro atoms.